The quantitative estimate of drug-likeness (QED) is 0.845. The number of hydrogen-bond donors (Lipinski definition) is 1. The van der Waals surface area contributed by atoms with Gasteiger partial charge in [0.2, 0.25) is 5.88 Å². The lowest BCUT2D eigenvalue weighted by Crippen LogP contribution is -2.17. The van der Waals surface area contributed by atoms with Crippen molar-refractivity contribution in [3.05, 3.63) is 22.9 Å². The molecule has 0 atom stereocenters. The fourth-order valence-corrected chi connectivity index (χ4v) is 1.34. The number of aromatic nitrogens is 1. The maximum Gasteiger partial charge on any atom is 0.418 e. The molecule has 0 unspecified atom stereocenters. The molecule has 0 aliphatic heterocycles. The van der Waals surface area contributed by atoms with Gasteiger partial charge in [-0.15, -0.1) is 0 Å². The van der Waals surface area contributed by atoms with Crippen LogP contribution in [0.25, 0.3) is 0 Å². The predicted molar refractivity (Wildman–Crippen MR) is 48.6 cm³/mol. The molecule has 1 rings (SSSR count). The Bertz CT molecular complexity index is 405. The number of nitrogens with two attached hydrogens (primary N) is 1. The van der Waals surface area contributed by atoms with Crippen molar-refractivity contribution in [3.63, 3.8) is 0 Å². The molecular formula is C9H9F5N2O. The molecule has 0 aliphatic rings. The van der Waals surface area contributed by atoms with E-state index in [9.17, 15) is 22.0 Å². The van der Waals surface area contributed by atoms with Gasteiger partial charge in [-0.2, -0.15) is 13.2 Å². The Balaban J connectivity index is 3.53. The average molecular weight is 256 g/mol. The Morgan fingerprint density at radius 2 is 2.00 bits per heavy atom. The highest BCUT2D eigenvalue weighted by atomic mass is 19.4. The Labute approximate surface area is 93.4 Å². The third-order valence-corrected chi connectivity index (χ3v) is 2.02. The van der Waals surface area contributed by atoms with Gasteiger partial charge < -0.3 is 10.5 Å². The van der Waals surface area contributed by atoms with Gasteiger partial charge in [0.05, 0.1) is 12.7 Å². The first kappa shape index (κ1) is 13.6. The smallest absolute Gasteiger partial charge is 0.418 e. The molecule has 1 heterocycles. The summed E-state index contributed by atoms with van der Waals surface area (Å²) in [6.07, 6.45) is -8.29. The minimum Gasteiger partial charge on any atom is -0.481 e. The van der Waals surface area contributed by atoms with Crippen LogP contribution in [0.5, 0.6) is 5.88 Å². The number of rotatable bonds is 3. The van der Waals surface area contributed by atoms with Gasteiger partial charge in [0, 0.05) is 12.6 Å². The Morgan fingerprint density at radius 3 is 2.35 bits per heavy atom. The van der Waals surface area contributed by atoms with Crippen molar-refractivity contribution in [1.82, 2.24) is 4.98 Å². The van der Waals surface area contributed by atoms with Gasteiger partial charge >= 0.3 is 6.18 Å². The second kappa shape index (κ2) is 4.82. The standard InChI is InChI=1S/C9H9F5N2O/c1-17-5-2-4(3-15)6(9(12,13)14)7(16-5)8(10)11/h2,8H,3,15H2,1H3. The lowest BCUT2D eigenvalue weighted by Gasteiger charge is -2.16. The summed E-state index contributed by atoms with van der Waals surface area (Å²) < 4.78 is 67.5. The summed E-state index contributed by atoms with van der Waals surface area (Å²) in [5, 5.41) is 0. The SMILES string of the molecule is COc1cc(CN)c(C(F)(F)F)c(C(F)F)n1. The van der Waals surface area contributed by atoms with E-state index < -0.39 is 36.0 Å². The van der Waals surface area contributed by atoms with Crippen molar-refractivity contribution in [2.24, 2.45) is 5.73 Å². The van der Waals surface area contributed by atoms with E-state index in [0.717, 1.165) is 13.2 Å². The molecule has 0 aliphatic carbocycles. The lowest BCUT2D eigenvalue weighted by molar-refractivity contribution is -0.140. The summed E-state index contributed by atoms with van der Waals surface area (Å²) in [5.74, 6) is -0.325. The fraction of sp³-hybridized carbons (Fsp3) is 0.444. The van der Waals surface area contributed by atoms with Crippen molar-refractivity contribution >= 4 is 0 Å². The van der Waals surface area contributed by atoms with Crippen molar-refractivity contribution in [2.45, 2.75) is 19.1 Å². The Kier molecular flexibility index (Phi) is 3.87. The second-order valence-corrected chi connectivity index (χ2v) is 3.09. The van der Waals surface area contributed by atoms with E-state index in [-0.39, 0.29) is 5.88 Å². The third-order valence-electron chi connectivity index (χ3n) is 2.02. The molecule has 0 bridgehead atoms. The van der Waals surface area contributed by atoms with Crippen LogP contribution in [-0.2, 0) is 12.7 Å². The zero-order chi connectivity index (χ0) is 13.2. The molecule has 1 aromatic heterocycles. The van der Waals surface area contributed by atoms with Crippen LogP contribution in [0, 0.1) is 0 Å². The molecule has 2 N–H and O–H groups in total. The highest BCUT2D eigenvalue weighted by Crippen LogP contribution is 2.38. The highest BCUT2D eigenvalue weighted by Gasteiger charge is 2.39. The van der Waals surface area contributed by atoms with Crippen molar-refractivity contribution in [2.75, 3.05) is 7.11 Å². The van der Waals surface area contributed by atoms with Gasteiger partial charge in [0.15, 0.2) is 0 Å². The first-order valence-corrected chi connectivity index (χ1v) is 4.44. The fourth-order valence-electron chi connectivity index (χ4n) is 1.34. The molecule has 0 radical (unpaired) electrons. The van der Waals surface area contributed by atoms with Crippen LogP contribution in [0.2, 0.25) is 0 Å². The van der Waals surface area contributed by atoms with E-state index in [2.05, 4.69) is 9.72 Å². The van der Waals surface area contributed by atoms with E-state index in [0.29, 0.717) is 0 Å². The summed E-state index contributed by atoms with van der Waals surface area (Å²) in [4.78, 5) is 3.12. The summed E-state index contributed by atoms with van der Waals surface area (Å²) in [6, 6.07) is 0.898. The maximum absolute atomic E-state index is 12.6. The molecule has 1 aromatic rings. The van der Waals surface area contributed by atoms with E-state index in [1.807, 2.05) is 0 Å². The van der Waals surface area contributed by atoms with E-state index >= 15 is 0 Å². The normalized spacial score (nSPS) is 12.0. The molecule has 17 heavy (non-hydrogen) atoms. The number of ether oxygens (including phenoxy) is 1. The molecular weight excluding hydrogens is 247 g/mol. The van der Waals surface area contributed by atoms with Crippen LogP contribution in [0.3, 0.4) is 0 Å². The van der Waals surface area contributed by atoms with Crippen LogP contribution >= 0.6 is 0 Å². The first-order valence-electron chi connectivity index (χ1n) is 4.44. The summed E-state index contributed by atoms with van der Waals surface area (Å²) in [7, 11) is 1.12. The van der Waals surface area contributed by atoms with Crippen LogP contribution < -0.4 is 10.5 Å². The number of alkyl halides is 5. The summed E-state index contributed by atoms with van der Waals surface area (Å²) in [6.45, 7) is -0.534. The summed E-state index contributed by atoms with van der Waals surface area (Å²) in [5.41, 5.74) is 1.79. The number of nitrogens with zero attached hydrogens (tertiary/aromatic N) is 1. The van der Waals surface area contributed by atoms with Crippen molar-refractivity contribution < 1.29 is 26.7 Å². The first-order chi connectivity index (χ1) is 7.81. The van der Waals surface area contributed by atoms with Gasteiger partial charge in [0.25, 0.3) is 6.43 Å². The highest BCUT2D eigenvalue weighted by molar-refractivity contribution is 5.38. The molecule has 96 valence electrons. The molecule has 0 aromatic carbocycles. The zero-order valence-electron chi connectivity index (χ0n) is 8.68. The van der Waals surface area contributed by atoms with Crippen LogP contribution in [-0.4, -0.2) is 12.1 Å². The van der Waals surface area contributed by atoms with Gasteiger partial charge in [0.1, 0.15) is 5.69 Å². The largest absolute Gasteiger partial charge is 0.481 e. The number of pyridine rings is 1. The number of hydrogen-bond acceptors (Lipinski definition) is 3. The molecule has 8 heteroatoms. The van der Waals surface area contributed by atoms with Gasteiger partial charge in [-0.25, -0.2) is 13.8 Å². The minimum absolute atomic E-state index is 0.325. The van der Waals surface area contributed by atoms with Gasteiger partial charge in [-0.1, -0.05) is 0 Å². The molecule has 0 spiro atoms. The molecule has 3 nitrogen and oxygen atoms in total. The van der Waals surface area contributed by atoms with E-state index in [4.69, 9.17) is 5.73 Å². The van der Waals surface area contributed by atoms with Crippen LogP contribution in [0.15, 0.2) is 6.07 Å². The van der Waals surface area contributed by atoms with Crippen molar-refractivity contribution in [3.8, 4) is 5.88 Å². The molecule has 0 saturated carbocycles. The Hall–Kier alpha value is -1.44. The van der Waals surface area contributed by atoms with Crippen molar-refractivity contribution in [1.29, 1.82) is 0 Å². The Morgan fingerprint density at radius 1 is 1.41 bits per heavy atom. The van der Waals surface area contributed by atoms with Gasteiger partial charge in [-0.3, -0.25) is 0 Å². The van der Waals surface area contributed by atoms with Crippen LogP contribution in [0.1, 0.15) is 23.2 Å². The number of methoxy groups -OCH3 is 1. The minimum atomic E-state index is -4.93. The van der Waals surface area contributed by atoms with Gasteiger partial charge in [-0.05, 0) is 5.56 Å². The van der Waals surface area contributed by atoms with Crippen LogP contribution in [0.4, 0.5) is 22.0 Å². The zero-order valence-corrected chi connectivity index (χ0v) is 8.68. The predicted octanol–water partition coefficient (Wildman–Crippen LogP) is 2.51. The van der Waals surface area contributed by atoms with E-state index in [1.165, 1.54) is 0 Å². The molecule has 0 saturated heterocycles. The summed E-state index contributed by atoms with van der Waals surface area (Å²) >= 11 is 0. The maximum atomic E-state index is 12.6. The topological polar surface area (TPSA) is 48.1 Å². The molecule has 0 amide bonds. The average Bonchev–Trinajstić information content (AvgIpc) is 2.25. The number of halogens is 5. The second-order valence-electron chi connectivity index (χ2n) is 3.09. The molecule has 0 fully saturated rings. The van der Waals surface area contributed by atoms with E-state index in [1.54, 1.807) is 0 Å². The third kappa shape index (κ3) is 2.82. The monoisotopic (exact) mass is 256 g/mol. The lowest BCUT2D eigenvalue weighted by atomic mass is 10.1.